The normalized spacial score (nSPS) is 22.9. The summed E-state index contributed by atoms with van der Waals surface area (Å²) in [5, 5.41) is 19.4. The number of nitriles is 1. The molecule has 2 fully saturated rings. The second-order valence-electron chi connectivity index (χ2n) is 9.54. The smallest absolute Gasteiger partial charge is 0.254 e. The standard InChI is InChI=1S/C25H27IN6O3S/c1-24(35-20-4-2-18(3-5-20)8-13-36-26)15-31(16-24)19-6-9-25(10-7-19,11-12-27)32-14-21(22(28)34)23(30-32)29-17-33/h2-5,14,17,19H,6-7,9-11,15-16H2,1H3,(H2,28,34)(H,29,30,33). The van der Waals surface area contributed by atoms with E-state index in [1.165, 1.54) is 8.93 Å². The molecule has 1 saturated carbocycles. The first kappa shape index (κ1) is 26.3. The molecule has 2 aromatic rings. The van der Waals surface area contributed by atoms with Crippen LogP contribution >= 0.6 is 30.1 Å². The summed E-state index contributed by atoms with van der Waals surface area (Å²) in [5.74, 6) is 3.37. The molecule has 1 aliphatic heterocycles. The number of halogens is 1. The average Bonchev–Trinajstić information content (AvgIpc) is 3.28. The summed E-state index contributed by atoms with van der Waals surface area (Å²) < 4.78 is 7.96. The number of nitrogens with two attached hydrogens (primary N) is 1. The van der Waals surface area contributed by atoms with Crippen LogP contribution in [0.15, 0.2) is 30.5 Å². The number of aromatic nitrogens is 2. The zero-order chi connectivity index (χ0) is 25.8. The number of carbonyl (C=O) groups excluding carboxylic acids is 2. The number of hydrogen-bond acceptors (Lipinski definition) is 7. The van der Waals surface area contributed by atoms with Gasteiger partial charge >= 0.3 is 0 Å². The minimum absolute atomic E-state index is 0.122. The van der Waals surface area contributed by atoms with Gasteiger partial charge in [0.05, 0.1) is 18.0 Å². The molecule has 2 heterocycles. The first-order valence-electron chi connectivity index (χ1n) is 11.6. The molecule has 1 saturated heterocycles. The van der Waals surface area contributed by atoms with E-state index in [1.807, 2.05) is 24.3 Å². The summed E-state index contributed by atoms with van der Waals surface area (Å²) in [4.78, 5) is 25.2. The Hall–Kier alpha value is -2.74. The summed E-state index contributed by atoms with van der Waals surface area (Å²) in [5.41, 5.74) is 5.77. The van der Waals surface area contributed by atoms with Gasteiger partial charge in [0, 0.05) is 52.1 Å². The highest BCUT2D eigenvalue weighted by Crippen LogP contribution is 2.42. The van der Waals surface area contributed by atoms with E-state index in [1.54, 1.807) is 10.9 Å². The Kier molecular flexibility index (Phi) is 8.13. The van der Waals surface area contributed by atoms with E-state index in [4.69, 9.17) is 10.5 Å². The van der Waals surface area contributed by atoms with Gasteiger partial charge in [0.2, 0.25) is 6.41 Å². The Labute approximate surface area is 226 Å². The fraction of sp³-hybridized carbons (Fsp3) is 0.440. The quantitative estimate of drug-likeness (QED) is 0.263. The van der Waals surface area contributed by atoms with Crippen LogP contribution in [-0.2, 0) is 10.3 Å². The highest BCUT2D eigenvalue weighted by molar-refractivity contribution is 14.2. The molecule has 188 valence electrons. The Morgan fingerprint density at radius 1 is 1.36 bits per heavy atom. The van der Waals surface area contributed by atoms with Crippen LogP contribution < -0.4 is 15.8 Å². The molecular formula is C25H27IN6O3S. The lowest BCUT2D eigenvalue weighted by molar-refractivity contribution is -0.105. The number of primary amides is 1. The van der Waals surface area contributed by atoms with E-state index in [9.17, 15) is 14.9 Å². The number of rotatable bonds is 8. The van der Waals surface area contributed by atoms with E-state index in [2.05, 4.69) is 60.7 Å². The number of hydrogen-bond donors (Lipinski definition) is 2. The Balaban J connectivity index is 1.37. The number of nitrogens with one attached hydrogen (secondary N) is 1. The Morgan fingerprint density at radius 2 is 2.06 bits per heavy atom. The molecular weight excluding hydrogens is 591 g/mol. The van der Waals surface area contributed by atoms with Crippen LogP contribution in [0.5, 0.6) is 5.75 Å². The van der Waals surface area contributed by atoms with Crippen LogP contribution in [0.2, 0.25) is 0 Å². The van der Waals surface area contributed by atoms with E-state index >= 15 is 0 Å². The lowest BCUT2D eigenvalue weighted by Crippen LogP contribution is -2.66. The molecule has 1 aromatic carbocycles. The van der Waals surface area contributed by atoms with Gasteiger partial charge < -0.3 is 15.8 Å². The van der Waals surface area contributed by atoms with Crippen molar-refractivity contribution in [2.24, 2.45) is 5.73 Å². The predicted molar refractivity (Wildman–Crippen MR) is 146 cm³/mol. The highest BCUT2D eigenvalue weighted by Gasteiger charge is 2.47. The van der Waals surface area contributed by atoms with Crippen LogP contribution in [0.1, 0.15) is 54.9 Å². The molecule has 1 aromatic heterocycles. The zero-order valence-corrected chi connectivity index (χ0v) is 22.8. The first-order chi connectivity index (χ1) is 17.3. The Bertz CT molecular complexity index is 1220. The third kappa shape index (κ3) is 5.64. The highest BCUT2D eigenvalue weighted by atomic mass is 127. The summed E-state index contributed by atoms with van der Waals surface area (Å²) >= 11 is 2.15. The van der Waals surface area contributed by atoms with E-state index in [-0.39, 0.29) is 23.4 Å². The number of benzene rings is 1. The summed E-state index contributed by atoms with van der Waals surface area (Å²) in [6.45, 7) is 3.79. The molecule has 2 amide bonds. The van der Waals surface area contributed by atoms with Crippen molar-refractivity contribution in [3.05, 3.63) is 41.6 Å². The van der Waals surface area contributed by atoms with Crippen molar-refractivity contribution < 1.29 is 14.3 Å². The van der Waals surface area contributed by atoms with Gasteiger partial charge in [-0.2, -0.15) is 10.4 Å². The van der Waals surface area contributed by atoms with Gasteiger partial charge in [-0.25, -0.2) is 0 Å². The monoisotopic (exact) mass is 618 g/mol. The summed E-state index contributed by atoms with van der Waals surface area (Å²) in [7, 11) is 1.46. The molecule has 0 radical (unpaired) electrons. The minimum Gasteiger partial charge on any atom is -0.485 e. The molecule has 0 bridgehead atoms. The van der Waals surface area contributed by atoms with Crippen molar-refractivity contribution in [2.75, 3.05) is 18.4 Å². The van der Waals surface area contributed by atoms with Crippen LogP contribution in [0, 0.1) is 22.5 Å². The molecule has 36 heavy (non-hydrogen) atoms. The van der Waals surface area contributed by atoms with E-state index < -0.39 is 11.4 Å². The van der Waals surface area contributed by atoms with Crippen molar-refractivity contribution in [3.63, 3.8) is 0 Å². The maximum atomic E-state index is 11.8. The van der Waals surface area contributed by atoms with Gasteiger partial charge in [-0.1, -0.05) is 5.92 Å². The summed E-state index contributed by atoms with van der Waals surface area (Å²) in [6, 6.07) is 10.5. The van der Waals surface area contributed by atoms with Crippen LogP contribution in [0.25, 0.3) is 0 Å². The molecule has 1 aliphatic carbocycles. The minimum atomic E-state index is -0.673. The van der Waals surface area contributed by atoms with Crippen LogP contribution in [0.3, 0.4) is 0 Å². The zero-order valence-electron chi connectivity index (χ0n) is 19.9. The van der Waals surface area contributed by atoms with Crippen LogP contribution in [0.4, 0.5) is 5.82 Å². The fourth-order valence-corrected chi connectivity index (χ4v) is 5.69. The molecule has 4 rings (SSSR count). The van der Waals surface area contributed by atoms with Gasteiger partial charge in [-0.15, -0.1) is 0 Å². The SMILES string of the molecule is CC1(Oc2ccc(C#CSI)cc2)CN(C2CCC(CC#N)(n3cc(C(N)=O)c(NC=O)n3)CC2)C1. The number of amides is 2. The number of likely N-dealkylation sites (tertiary alicyclic amines) is 1. The van der Waals surface area contributed by atoms with Crippen molar-refractivity contribution in [3.8, 4) is 23.0 Å². The molecule has 11 heteroatoms. The van der Waals surface area contributed by atoms with Gasteiger partial charge in [-0.3, -0.25) is 19.2 Å². The lowest BCUT2D eigenvalue weighted by atomic mass is 9.76. The van der Waals surface area contributed by atoms with E-state index in [0.29, 0.717) is 12.5 Å². The van der Waals surface area contributed by atoms with Crippen molar-refractivity contribution in [2.45, 2.75) is 56.2 Å². The first-order valence-corrected chi connectivity index (χ1v) is 15.0. The number of carbonyl (C=O) groups is 2. The maximum absolute atomic E-state index is 11.8. The third-order valence-electron chi connectivity index (χ3n) is 7.00. The largest absolute Gasteiger partial charge is 0.485 e. The van der Waals surface area contributed by atoms with Gasteiger partial charge in [0.1, 0.15) is 16.9 Å². The molecule has 0 spiro atoms. The van der Waals surface area contributed by atoms with Gasteiger partial charge in [-0.05, 0) is 71.1 Å². The van der Waals surface area contributed by atoms with Crippen LogP contribution in [-0.4, -0.2) is 51.7 Å². The molecule has 0 atom stereocenters. The lowest BCUT2D eigenvalue weighted by Gasteiger charge is -2.53. The molecule has 2 aliphatic rings. The fourth-order valence-electron chi connectivity index (χ4n) is 5.20. The molecule has 9 nitrogen and oxygen atoms in total. The van der Waals surface area contributed by atoms with Crippen molar-refractivity contribution >= 4 is 48.3 Å². The second-order valence-corrected chi connectivity index (χ2v) is 11.2. The van der Waals surface area contributed by atoms with Gasteiger partial charge in [0.25, 0.3) is 5.91 Å². The van der Waals surface area contributed by atoms with Gasteiger partial charge in [0.15, 0.2) is 5.82 Å². The predicted octanol–water partition coefficient (Wildman–Crippen LogP) is 3.65. The maximum Gasteiger partial charge on any atom is 0.254 e. The third-order valence-corrected chi connectivity index (χ3v) is 7.84. The number of ether oxygens (including phenoxy) is 1. The molecule has 0 unspecified atom stereocenters. The number of nitrogens with zero attached hydrogens (tertiary/aromatic N) is 4. The van der Waals surface area contributed by atoms with E-state index in [0.717, 1.165) is 50.1 Å². The second kappa shape index (κ2) is 11.1. The average molecular weight is 619 g/mol. The Morgan fingerprint density at radius 3 is 2.64 bits per heavy atom. The summed E-state index contributed by atoms with van der Waals surface area (Å²) in [6.07, 6.45) is 5.53. The topological polar surface area (TPSA) is 126 Å². The van der Waals surface area contributed by atoms with Crippen molar-refractivity contribution in [1.82, 2.24) is 14.7 Å². The molecule has 3 N–H and O–H groups in total. The van der Waals surface area contributed by atoms with Crippen molar-refractivity contribution in [1.29, 1.82) is 5.26 Å². The number of anilines is 1.